The van der Waals surface area contributed by atoms with Crippen molar-refractivity contribution in [2.45, 2.75) is 25.8 Å². The van der Waals surface area contributed by atoms with E-state index in [1.165, 1.54) is 0 Å². The lowest BCUT2D eigenvalue weighted by Crippen LogP contribution is -2.47. The molecule has 32 heavy (non-hydrogen) atoms. The van der Waals surface area contributed by atoms with E-state index in [-0.39, 0.29) is 11.8 Å². The van der Waals surface area contributed by atoms with Gasteiger partial charge in [-0.15, -0.1) is 0 Å². The number of ether oxygens (including phenoxy) is 1. The van der Waals surface area contributed by atoms with Gasteiger partial charge in [-0.05, 0) is 54.3 Å². The highest BCUT2D eigenvalue weighted by molar-refractivity contribution is 6.04. The number of aryl methyl sites for hydroxylation is 2. The minimum absolute atomic E-state index is 0.0815. The topological polar surface area (TPSA) is 58.6 Å². The first kappa shape index (κ1) is 21.8. The van der Waals surface area contributed by atoms with E-state index in [9.17, 15) is 9.59 Å². The standard InChI is InChI=1S/C27H28N2O3/c1-18-15-19(2)17-21(16-18)28-26(30)24-22-11-7-8-12-23(22)27(31)29(13-14-32-3)25(24)20-9-5-4-6-10-20/h4-12,15-17,24-25H,13-14H2,1-3H3,(H,28,30)/t24-,25+/m0/s1. The Morgan fingerprint density at radius 1 is 0.969 bits per heavy atom. The van der Waals surface area contributed by atoms with E-state index < -0.39 is 12.0 Å². The molecule has 1 N–H and O–H groups in total. The molecule has 1 aliphatic heterocycles. The molecule has 164 valence electrons. The molecule has 0 fully saturated rings. The lowest BCUT2D eigenvalue weighted by atomic mass is 9.79. The third-order valence-electron chi connectivity index (χ3n) is 5.89. The van der Waals surface area contributed by atoms with Crippen LogP contribution in [-0.2, 0) is 9.53 Å². The second-order valence-corrected chi connectivity index (χ2v) is 8.28. The molecule has 2 atom stereocenters. The summed E-state index contributed by atoms with van der Waals surface area (Å²) in [6.45, 7) is 4.81. The average Bonchev–Trinajstić information content (AvgIpc) is 2.78. The predicted octanol–water partition coefficient (Wildman–Crippen LogP) is 4.87. The molecule has 0 aliphatic carbocycles. The summed E-state index contributed by atoms with van der Waals surface area (Å²) in [5.74, 6) is -0.767. The van der Waals surface area contributed by atoms with Crippen molar-refractivity contribution in [3.8, 4) is 0 Å². The van der Waals surface area contributed by atoms with E-state index in [4.69, 9.17) is 4.74 Å². The predicted molar refractivity (Wildman–Crippen MR) is 126 cm³/mol. The lowest BCUT2D eigenvalue weighted by Gasteiger charge is -2.41. The van der Waals surface area contributed by atoms with Crippen molar-refractivity contribution in [3.05, 3.63) is 101 Å². The third-order valence-corrected chi connectivity index (χ3v) is 5.89. The highest BCUT2D eigenvalue weighted by Crippen LogP contribution is 2.43. The van der Waals surface area contributed by atoms with Crippen molar-refractivity contribution in [2.75, 3.05) is 25.6 Å². The molecule has 0 unspecified atom stereocenters. The van der Waals surface area contributed by atoms with Crippen LogP contribution in [0.5, 0.6) is 0 Å². The fourth-order valence-electron chi connectivity index (χ4n) is 4.60. The van der Waals surface area contributed by atoms with Crippen LogP contribution in [0, 0.1) is 13.8 Å². The minimum Gasteiger partial charge on any atom is -0.383 e. The SMILES string of the molecule is COCCN1C(=O)c2ccccc2[C@H](C(=O)Nc2cc(C)cc(C)c2)[C@H]1c1ccccc1. The van der Waals surface area contributed by atoms with Gasteiger partial charge in [-0.2, -0.15) is 0 Å². The number of methoxy groups -OCH3 is 1. The van der Waals surface area contributed by atoms with E-state index in [2.05, 4.69) is 11.4 Å². The number of nitrogens with one attached hydrogen (secondary N) is 1. The monoisotopic (exact) mass is 428 g/mol. The quantitative estimate of drug-likeness (QED) is 0.609. The van der Waals surface area contributed by atoms with Gasteiger partial charge in [-0.1, -0.05) is 54.6 Å². The van der Waals surface area contributed by atoms with Gasteiger partial charge in [0, 0.05) is 24.9 Å². The number of benzene rings is 3. The minimum atomic E-state index is -0.552. The Labute approximate surface area is 189 Å². The van der Waals surface area contributed by atoms with Crippen LogP contribution in [0.4, 0.5) is 5.69 Å². The first-order valence-electron chi connectivity index (χ1n) is 10.8. The van der Waals surface area contributed by atoms with E-state index in [0.717, 1.165) is 27.9 Å². The molecular weight excluding hydrogens is 400 g/mol. The lowest BCUT2D eigenvalue weighted by molar-refractivity contribution is -0.119. The zero-order valence-electron chi connectivity index (χ0n) is 18.7. The summed E-state index contributed by atoms with van der Waals surface area (Å²) in [6, 6.07) is 22.7. The van der Waals surface area contributed by atoms with Crippen molar-refractivity contribution < 1.29 is 14.3 Å². The highest BCUT2D eigenvalue weighted by Gasteiger charge is 2.43. The fraction of sp³-hybridized carbons (Fsp3) is 0.259. The average molecular weight is 429 g/mol. The van der Waals surface area contributed by atoms with E-state index in [1.54, 1.807) is 18.1 Å². The summed E-state index contributed by atoms with van der Waals surface area (Å²) in [5.41, 5.74) is 5.17. The van der Waals surface area contributed by atoms with Crippen LogP contribution in [0.1, 0.15) is 44.6 Å². The summed E-state index contributed by atoms with van der Waals surface area (Å²) in [4.78, 5) is 29.0. The number of amides is 2. The second-order valence-electron chi connectivity index (χ2n) is 8.28. The van der Waals surface area contributed by atoms with E-state index >= 15 is 0 Å². The molecule has 1 heterocycles. The Hall–Kier alpha value is -3.44. The molecule has 1 aliphatic rings. The van der Waals surface area contributed by atoms with Crippen LogP contribution in [0.25, 0.3) is 0 Å². The van der Waals surface area contributed by atoms with Crippen LogP contribution in [0.15, 0.2) is 72.8 Å². The van der Waals surface area contributed by atoms with Crippen LogP contribution in [-0.4, -0.2) is 37.0 Å². The molecule has 0 bridgehead atoms. The highest BCUT2D eigenvalue weighted by atomic mass is 16.5. The van der Waals surface area contributed by atoms with Gasteiger partial charge in [0.2, 0.25) is 5.91 Å². The van der Waals surface area contributed by atoms with Gasteiger partial charge in [0.15, 0.2) is 0 Å². The maximum atomic E-state index is 13.8. The van der Waals surface area contributed by atoms with Gasteiger partial charge in [-0.3, -0.25) is 9.59 Å². The molecule has 3 aromatic carbocycles. The summed E-state index contributed by atoms with van der Waals surface area (Å²) < 4.78 is 5.29. The fourth-order valence-corrected chi connectivity index (χ4v) is 4.60. The summed E-state index contributed by atoms with van der Waals surface area (Å²) in [7, 11) is 1.62. The number of hydrogen-bond acceptors (Lipinski definition) is 3. The number of hydrogen-bond donors (Lipinski definition) is 1. The van der Waals surface area contributed by atoms with Crippen molar-refractivity contribution in [2.24, 2.45) is 0 Å². The molecule has 2 amide bonds. The number of carbonyl (C=O) groups is 2. The molecule has 5 nitrogen and oxygen atoms in total. The Kier molecular flexibility index (Phi) is 6.37. The molecular formula is C27H28N2O3. The first-order chi connectivity index (χ1) is 15.5. The molecule has 4 rings (SSSR count). The van der Waals surface area contributed by atoms with Gasteiger partial charge in [0.1, 0.15) is 0 Å². The number of fused-ring (bicyclic) bond motifs is 1. The molecule has 0 spiro atoms. The Bertz CT molecular complexity index is 1110. The maximum Gasteiger partial charge on any atom is 0.254 e. The van der Waals surface area contributed by atoms with Gasteiger partial charge in [0.05, 0.1) is 18.6 Å². The number of carbonyl (C=O) groups excluding carboxylic acids is 2. The molecule has 5 heteroatoms. The molecule has 3 aromatic rings. The number of anilines is 1. The largest absolute Gasteiger partial charge is 0.383 e. The smallest absolute Gasteiger partial charge is 0.254 e. The zero-order chi connectivity index (χ0) is 22.7. The van der Waals surface area contributed by atoms with Gasteiger partial charge >= 0.3 is 0 Å². The normalized spacial score (nSPS) is 17.7. The number of nitrogens with zero attached hydrogens (tertiary/aromatic N) is 1. The second kappa shape index (κ2) is 9.37. The van der Waals surface area contributed by atoms with Crippen LogP contribution in [0.2, 0.25) is 0 Å². The van der Waals surface area contributed by atoms with Gasteiger partial charge in [0.25, 0.3) is 5.91 Å². The van der Waals surface area contributed by atoms with Gasteiger partial charge in [-0.25, -0.2) is 0 Å². The maximum absolute atomic E-state index is 13.8. The van der Waals surface area contributed by atoms with Crippen LogP contribution < -0.4 is 5.32 Å². The zero-order valence-corrected chi connectivity index (χ0v) is 18.7. The molecule has 0 aromatic heterocycles. The summed E-state index contributed by atoms with van der Waals surface area (Å²) in [5, 5.41) is 3.12. The first-order valence-corrected chi connectivity index (χ1v) is 10.8. The van der Waals surface area contributed by atoms with Gasteiger partial charge < -0.3 is 15.0 Å². The van der Waals surface area contributed by atoms with E-state index in [1.807, 2.05) is 74.5 Å². The Balaban J connectivity index is 1.82. The van der Waals surface area contributed by atoms with Crippen LogP contribution >= 0.6 is 0 Å². The van der Waals surface area contributed by atoms with Crippen molar-refractivity contribution in [3.63, 3.8) is 0 Å². The van der Waals surface area contributed by atoms with Crippen molar-refractivity contribution in [1.29, 1.82) is 0 Å². The van der Waals surface area contributed by atoms with Crippen molar-refractivity contribution >= 4 is 17.5 Å². The Morgan fingerprint density at radius 2 is 1.62 bits per heavy atom. The summed E-state index contributed by atoms with van der Waals surface area (Å²) >= 11 is 0. The van der Waals surface area contributed by atoms with E-state index in [0.29, 0.717) is 18.7 Å². The third kappa shape index (κ3) is 4.30. The summed E-state index contributed by atoms with van der Waals surface area (Å²) in [6.07, 6.45) is 0. The van der Waals surface area contributed by atoms with Crippen LogP contribution in [0.3, 0.4) is 0 Å². The molecule has 0 saturated heterocycles. The molecule has 0 radical (unpaired) electrons. The molecule has 0 saturated carbocycles. The number of rotatable bonds is 6. The Morgan fingerprint density at radius 3 is 2.31 bits per heavy atom. The van der Waals surface area contributed by atoms with Crippen molar-refractivity contribution in [1.82, 2.24) is 4.90 Å².